The summed E-state index contributed by atoms with van der Waals surface area (Å²) in [4.78, 5) is 31.3. The van der Waals surface area contributed by atoms with Crippen LogP contribution in [0.15, 0.2) is 54.9 Å². The predicted molar refractivity (Wildman–Crippen MR) is 125 cm³/mol. The van der Waals surface area contributed by atoms with Crippen LogP contribution in [0.5, 0.6) is 5.75 Å². The lowest BCUT2D eigenvalue weighted by molar-refractivity contribution is -0.122. The first kappa shape index (κ1) is 20.1. The zero-order chi connectivity index (χ0) is 22.4. The molecule has 2 aromatic carbocycles. The van der Waals surface area contributed by atoms with E-state index in [0.717, 1.165) is 46.0 Å². The highest BCUT2D eigenvalue weighted by molar-refractivity contribution is 6.50. The molecule has 0 saturated carbocycles. The zero-order valence-corrected chi connectivity index (χ0v) is 18.2. The van der Waals surface area contributed by atoms with E-state index < -0.39 is 0 Å². The minimum absolute atomic E-state index is 0.383. The van der Waals surface area contributed by atoms with Crippen molar-refractivity contribution < 1.29 is 14.3 Å². The van der Waals surface area contributed by atoms with Crippen molar-refractivity contribution in [3.05, 3.63) is 66.0 Å². The molecule has 3 heterocycles. The normalized spacial score (nSPS) is 14.2. The number of nitrogens with one attached hydrogen (secondary N) is 2. The van der Waals surface area contributed by atoms with Crippen molar-refractivity contribution in [3.8, 4) is 5.75 Å². The summed E-state index contributed by atoms with van der Waals surface area (Å²) in [6.07, 6.45) is 3.76. The molecule has 1 aliphatic heterocycles. The van der Waals surface area contributed by atoms with Crippen LogP contribution in [0.2, 0.25) is 0 Å². The number of aromatic amines is 1. The maximum atomic E-state index is 13.1. The second kappa shape index (κ2) is 7.69. The number of likely N-dealkylation sites (N-methyl/N-ethyl adjacent to an activating group) is 1. The quantitative estimate of drug-likeness (QED) is 0.462. The van der Waals surface area contributed by atoms with Crippen LogP contribution in [0.4, 0.5) is 0 Å². The maximum absolute atomic E-state index is 13.1. The third-order valence-corrected chi connectivity index (χ3v) is 5.94. The van der Waals surface area contributed by atoms with Gasteiger partial charge in [0.2, 0.25) is 0 Å². The van der Waals surface area contributed by atoms with Gasteiger partial charge in [-0.3, -0.25) is 14.9 Å². The highest BCUT2D eigenvalue weighted by atomic mass is 16.5. The highest BCUT2D eigenvalue weighted by Gasteiger charge is 2.35. The van der Waals surface area contributed by atoms with Crippen LogP contribution >= 0.6 is 0 Å². The van der Waals surface area contributed by atoms with Gasteiger partial charge in [-0.15, -0.1) is 0 Å². The lowest BCUT2D eigenvalue weighted by atomic mass is 9.95. The van der Waals surface area contributed by atoms with E-state index in [4.69, 9.17) is 4.74 Å². The van der Waals surface area contributed by atoms with E-state index in [1.165, 1.54) is 0 Å². The van der Waals surface area contributed by atoms with Crippen LogP contribution < -0.4 is 10.1 Å². The van der Waals surface area contributed by atoms with Gasteiger partial charge in [0.15, 0.2) is 0 Å². The van der Waals surface area contributed by atoms with Crippen molar-refractivity contribution in [2.45, 2.75) is 6.54 Å². The van der Waals surface area contributed by atoms with Crippen molar-refractivity contribution >= 4 is 44.8 Å². The van der Waals surface area contributed by atoms with E-state index in [-0.39, 0.29) is 11.8 Å². The molecule has 2 amide bonds. The number of rotatable bonds is 6. The molecule has 0 spiro atoms. The average Bonchev–Trinajstić information content (AvgIpc) is 3.44. The number of hydrogen-bond donors (Lipinski definition) is 2. The molecule has 0 bridgehead atoms. The number of hydrogen-bond acceptors (Lipinski definition) is 4. The summed E-state index contributed by atoms with van der Waals surface area (Å²) in [7, 11) is 5.67. The lowest BCUT2D eigenvalue weighted by Gasteiger charge is -2.11. The van der Waals surface area contributed by atoms with Gasteiger partial charge in [0.25, 0.3) is 11.8 Å². The molecule has 162 valence electrons. The minimum atomic E-state index is -0.384. The molecular formula is C25H24N4O3. The summed E-state index contributed by atoms with van der Waals surface area (Å²) in [5.41, 5.74) is 4.12. The number of aromatic nitrogens is 2. The van der Waals surface area contributed by atoms with Crippen LogP contribution in [0.25, 0.3) is 33.0 Å². The van der Waals surface area contributed by atoms with Crippen LogP contribution in [0.3, 0.4) is 0 Å². The largest absolute Gasteiger partial charge is 0.497 e. The Kier molecular flexibility index (Phi) is 4.83. The number of para-hydroxylation sites is 1. The molecule has 0 saturated heterocycles. The molecular weight excluding hydrogens is 404 g/mol. The van der Waals surface area contributed by atoms with E-state index >= 15 is 0 Å². The van der Waals surface area contributed by atoms with Gasteiger partial charge < -0.3 is 19.2 Å². The summed E-state index contributed by atoms with van der Waals surface area (Å²) >= 11 is 0. The van der Waals surface area contributed by atoms with Gasteiger partial charge in [-0.2, -0.15) is 0 Å². The maximum Gasteiger partial charge on any atom is 0.259 e. The topological polar surface area (TPSA) is 79.4 Å². The van der Waals surface area contributed by atoms with E-state index in [0.29, 0.717) is 16.9 Å². The summed E-state index contributed by atoms with van der Waals surface area (Å²) in [6.45, 7) is 1.59. The highest BCUT2D eigenvalue weighted by Crippen LogP contribution is 2.39. The Labute approximate surface area is 185 Å². The molecule has 7 nitrogen and oxygen atoms in total. The second-order valence-electron chi connectivity index (χ2n) is 8.20. The number of H-pyrrole nitrogens is 1. The van der Waals surface area contributed by atoms with Gasteiger partial charge in [-0.05, 0) is 38.4 Å². The number of nitrogens with zero attached hydrogens (tertiary/aromatic N) is 2. The number of benzene rings is 2. The number of methoxy groups -OCH3 is 1. The first-order chi connectivity index (χ1) is 15.5. The number of carbonyl (C=O) groups excluding carboxylic acids is 2. The summed E-state index contributed by atoms with van der Waals surface area (Å²) in [5.74, 6) is -0.0697. The lowest BCUT2D eigenvalue weighted by Crippen LogP contribution is -2.22. The molecule has 32 heavy (non-hydrogen) atoms. The molecule has 7 heteroatoms. The fourth-order valence-corrected chi connectivity index (χ4v) is 4.34. The molecule has 5 rings (SSSR count). The van der Waals surface area contributed by atoms with Gasteiger partial charge >= 0.3 is 0 Å². The van der Waals surface area contributed by atoms with Crippen LogP contribution in [0, 0.1) is 0 Å². The zero-order valence-electron chi connectivity index (χ0n) is 18.2. The standard InChI is InChI=1S/C25H24N4O3/c1-28(2)10-11-29-14-19(17-12-15(32-3)8-9-21(17)29)23-22(24(30)27-25(23)31)18-13-26-20-7-5-4-6-16(18)20/h4-9,12-14,26H,10-11H2,1-3H3,(H,27,30,31). The monoisotopic (exact) mass is 428 g/mol. The Morgan fingerprint density at radius 3 is 2.47 bits per heavy atom. The number of amides is 2. The number of imide groups is 1. The Balaban J connectivity index is 1.78. The molecule has 2 N–H and O–H groups in total. The summed E-state index contributed by atoms with van der Waals surface area (Å²) in [5, 5.41) is 4.28. The van der Waals surface area contributed by atoms with Gasteiger partial charge in [0, 0.05) is 58.4 Å². The van der Waals surface area contributed by atoms with Crippen molar-refractivity contribution in [1.82, 2.24) is 19.8 Å². The molecule has 0 aliphatic carbocycles. The van der Waals surface area contributed by atoms with Crippen molar-refractivity contribution in [2.75, 3.05) is 27.7 Å². The molecule has 2 aromatic heterocycles. The molecule has 4 aromatic rings. The molecule has 0 radical (unpaired) electrons. The Bertz CT molecular complexity index is 1410. The van der Waals surface area contributed by atoms with Crippen LogP contribution in [-0.4, -0.2) is 54.0 Å². The Morgan fingerprint density at radius 2 is 1.72 bits per heavy atom. The van der Waals surface area contributed by atoms with E-state index in [2.05, 4.69) is 19.8 Å². The van der Waals surface area contributed by atoms with Gasteiger partial charge in [-0.25, -0.2) is 0 Å². The molecule has 0 atom stereocenters. The van der Waals surface area contributed by atoms with Crippen LogP contribution in [0.1, 0.15) is 11.1 Å². The first-order valence-electron chi connectivity index (χ1n) is 10.5. The van der Waals surface area contributed by atoms with Crippen molar-refractivity contribution in [3.63, 3.8) is 0 Å². The van der Waals surface area contributed by atoms with Crippen LogP contribution in [-0.2, 0) is 16.1 Å². The SMILES string of the molecule is COc1ccc2c(c1)c(C1=C(c3c[nH]c4ccccc34)C(=O)NC1=O)cn2CCN(C)C. The Hall–Kier alpha value is -3.84. The van der Waals surface area contributed by atoms with E-state index in [1.54, 1.807) is 13.3 Å². The minimum Gasteiger partial charge on any atom is -0.497 e. The third kappa shape index (κ3) is 3.18. The molecule has 0 fully saturated rings. The second-order valence-corrected chi connectivity index (χ2v) is 8.20. The fraction of sp³-hybridized carbons (Fsp3) is 0.200. The predicted octanol–water partition coefficient (Wildman–Crippen LogP) is 3.26. The molecule has 0 unspecified atom stereocenters. The average molecular weight is 428 g/mol. The van der Waals surface area contributed by atoms with E-state index in [9.17, 15) is 9.59 Å². The fourth-order valence-electron chi connectivity index (χ4n) is 4.34. The molecule has 1 aliphatic rings. The van der Waals surface area contributed by atoms with Gasteiger partial charge in [-0.1, -0.05) is 18.2 Å². The number of ether oxygens (including phenoxy) is 1. The van der Waals surface area contributed by atoms with Crippen molar-refractivity contribution in [1.29, 1.82) is 0 Å². The van der Waals surface area contributed by atoms with Gasteiger partial charge in [0.05, 0.1) is 18.3 Å². The van der Waals surface area contributed by atoms with Crippen molar-refractivity contribution in [2.24, 2.45) is 0 Å². The number of carbonyl (C=O) groups is 2. The Morgan fingerprint density at radius 1 is 0.969 bits per heavy atom. The summed E-state index contributed by atoms with van der Waals surface area (Å²) in [6, 6.07) is 13.6. The van der Waals surface area contributed by atoms with E-state index in [1.807, 2.05) is 62.8 Å². The smallest absolute Gasteiger partial charge is 0.259 e. The third-order valence-electron chi connectivity index (χ3n) is 5.94. The summed E-state index contributed by atoms with van der Waals surface area (Å²) < 4.78 is 7.57. The van der Waals surface area contributed by atoms with Gasteiger partial charge in [0.1, 0.15) is 5.75 Å². The number of fused-ring (bicyclic) bond motifs is 2. The first-order valence-corrected chi connectivity index (χ1v) is 10.5.